The lowest BCUT2D eigenvalue weighted by atomic mass is 9.77. The van der Waals surface area contributed by atoms with Crippen molar-refractivity contribution in [3.05, 3.63) is 70.3 Å². The first-order valence-corrected chi connectivity index (χ1v) is 8.04. The van der Waals surface area contributed by atoms with Gasteiger partial charge < -0.3 is 0 Å². The Hall–Kier alpha value is -2.21. The van der Waals surface area contributed by atoms with Crippen molar-refractivity contribution in [1.29, 1.82) is 5.26 Å². The summed E-state index contributed by atoms with van der Waals surface area (Å²) < 4.78 is 29.0. The Morgan fingerprint density at radius 2 is 1.67 bits per heavy atom. The lowest BCUT2D eigenvalue weighted by molar-refractivity contribution is 0.453. The molecule has 0 spiro atoms. The van der Waals surface area contributed by atoms with Gasteiger partial charge in [0.2, 0.25) is 0 Å². The maximum atomic E-state index is 14.9. The van der Waals surface area contributed by atoms with E-state index in [1.807, 2.05) is 32.0 Å². The van der Waals surface area contributed by atoms with Gasteiger partial charge in [-0.25, -0.2) is 8.78 Å². The molecule has 0 aliphatic rings. The minimum Gasteiger partial charge on any atom is -0.207 e. The Balaban J connectivity index is 2.45. The van der Waals surface area contributed by atoms with E-state index >= 15 is 0 Å². The summed E-state index contributed by atoms with van der Waals surface area (Å²) in [5.74, 6) is -0.972. The SMILES string of the molecule is CC(C)(C)c1c(F)ccc(CC(C)(C)c2cccc(C#N)c2)c1F. The quantitative estimate of drug-likeness (QED) is 0.714. The second-order valence-corrected chi connectivity index (χ2v) is 7.90. The molecule has 0 saturated carbocycles. The maximum Gasteiger partial charge on any atom is 0.133 e. The van der Waals surface area contributed by atoms with Gasteiger partial charge in [0.1, 0.15) is 11.6 Å². The van der Waals surface area contributed by atoms with E-state index in [1.165, 1.54) is 12.1 Å². The van der Waals surface area contributed by atoms with Crippen LogP contribution in [0.3, 0.4) is 0 Å². The van der Waals surface area contributed by atoms with Crippen molar-refractivity contribution in [3.8, 4) is 6.07 Å². The summed E-state index contributed by atoms with van der Waals surface area (Å²) in [5.41, 5.74) is 1.18. The number of hydrogen-bond acceptors (Lipinski definition) is 1. The van der Waals surface area contributed by atoms with Crippen LogP contribution in [0.2, 0.25) is 0 Å². The van der Waals surface area contributed by atoms with Gasteiger partial charge in [0.05, 0.1) is 11.6 Å². The normalized spacial score (nSPS) is 12.1. The topological polar surface area (TPSA) is 23.8 Å². The first-order valence-electron chi connectivity index (χ1n) is 8.04. The van der Waals surface area contributed by atoms with E-state index in [2.05, 4.69) is 6.07 Å². The Morgan fingerprint density at radius 1 is 1.00 bits per heavy atom. The van der Waals surface area contributed by atoms with Crippen molar-refractivity contribution in [2.45, 2.75) is 51.9 Å². The highest BCUT2D eigenvalue weighted by Crippen LogP contribution is 2.34. The van der Waals surface area contributed by atoms with Crippen LogP contribution in [0.1, 0.15) is 56.9 Å². The third kappa shape index (κ3) is 3.64. The molecule has 0 atom stereocenters. The summed E-state index contributed by atoms with van der Waals surface area (Å²) in [6, 6.07) is 12.3. The predicted octanol–water partition coefficient (Wildman–Crippen LogP) is 5.65. The summed E-state index contributed by atoms with van der Waals surface area (Å²) in [7, 11) is 0. The molecule has 0 unspecified atom stereocenters. The smallest absolute Gasteiger partial charge is 0.133 e. The van der Waals surface area contributed by atoms with Crippen LogP contribution in [0, 0.1) is 23.0 Å². The van der Waals surface area contributed by atoms with E-state index in [1.54, 1.807) is 26.8 Å². The van der Waals surface area contributed by atoms with Crippen LogP contribution in [0.15, 0.2) is 36.4 Å². The summed E-state index contributed by atoms with van der Waals surface area (Å²) in [4.78, 5) is 0. The molecule has 0 saturated heterocycles. The van der Waals surface area contributed by atoms with E-state index in [-0.39, 0.29) is 11.0 Å². The molecule has 0 bridgehead atoms. The average Bonchev–Trinajstić information content (AvgIpc) is 2.49. The Morgan fingerprint density at radius 3 is 2.25 bits per heavy atom. The van der Waals surface area contributed by atoms with Gasteiger partial charge in [0.15, 0.2) is 0 Å². The summed E-state index contributed by atoms with van der Waals surface area (Å²) >= 11 is 0. The first-order chi connectivity index (χ1) is 11.1. The fourth-order valence-corrected chi connectivity index (χ4v) is 3.01. The highest BCUT2D eigenvalue weighted by molar-refractivity contribution is 5.39. The van der Waals surface area contributed by atoms with E-state index < -0.39 is 17.0 Å². The molecule has 2 rings (SSSR count). The molecular weight excluding hydrogens is 304 g/mol. The highest BCUT2D eigenvalue weighted by Gasteiger charge is 2.28. The van der Waals surface area contributed by atoms with Crippen molar-refractivity contribution in [2.75, 3.05) is 0 Å². The van der Waals surface area contributed by atoms with Crippen LogP contribution in [-0.2, 0) is 17.3 Å². The van der Waals surface area contributed by atoms with Gasteiger partial charge in [0, 0.05) is 5.56 Å². The van der Waals surface area contributed by atoms with Crippen LogP contribution in [0.4, 0.5) is 8.78 Å². The second-order valence-electron chi connectivity index (χ2n) is 7.90. The van der Waals surface area contributed by atoms with Crippen LogP contribution >= 0.6 is 0 Å². The average molecular weight is 327 g/mol. The lowest BCUT2D eigenvalue weighted by Gasteiger charge is -2.28. The molecule has 0 heterocycles. The molecule has 2 aromatic carbocycles. The zero-order chi connectivity index (χ0) is 18.1. The van der Waals surface area contributed by atoms with Crippen LogP contribution in [-0.4, -0.2) is 0 Å². The highest BCUT2D eigenvalue weighted by atomic mass is 19.1. The van der Waals surface area contributed by atoms with Crippen molar-refractivity contribution in [3.63, 3.8) is 0 Å². The number of benzene rings is 2. The lowest BCUT2D eigenvalue weighted by Crippen LogP contribution is -2.23. The minimum atomic E-state index is -0.602. The molecule has 0 aliphatic heterocycles. The molecular formula is C21H23F2N. The van der Waals surface area contributed by atoms with Gasteiger partial charge in [0.25, 0.3) is 0 Å². The van der Waals surface area contributed by atoms with E-state index in [9.17, 15) is 8.78 Å². The van der Waals surface area contributed by atoms with Crippen molar-refractivity contribution < 1.29 is 8.78 Å². The molecule has 2 aromatic rings. The van der Waals surface area contributed by atoms with Gasteiger partial charge in [-0.3, -0.25) is 0 Å². The first kappa shape index (κ1) is 18.1. The number of nitriles is 1. The standard InChI is InChI=1S/C21H23F2N/c1-20(2,3)18-17(22)10-9-15(19(18)23)12-21(4,5)16-8-6-7-14(11-16)13-24/h6-11H,12H2,1-5H3. The molecule has 1 nitrogen and oxygen atoms in total. The van der Waals surface area contributed by atoms with Crippen molar-refractivity contribution in [1.82, 2.24) is 0 Å². The minimum absolute atomic E-state index is 0.126. The third-order valence-electron chi connectivity index (χ3n) is 4.33. The van der Waals surface area contributed by atoms with Crippen molar-refractivity contribution in [2.24, 2.45) is 0 Å². The fraction of sp³-hybridized carbons (Fsp3) is 0.381. The van der Waals surface area contributed by atoms with E-state index in [0.29, 0.717) is 17.5 Å². The Kier molecular flexibility index (Phi) is 4.80. The van der Waals surface area contributed by atoms with Gasteiger partial charge in [-0.2, -0.15) is 5.26 Å². The summed E-state index contributed by atoms with van der Waals surface area (Å²) in [6.45, 7) is 9.42. The molecule has 24 heavy (non-hydrogen) atoms. The van der Waals surface area contributed by atoms with E-state index in [0.717, 1.165) is 5.56 Å². The molecule has 3 heteroatoms. The predicted molar refractivity (Wildman–Crippen MR) is 92.9 cm³/mol. The summed E-state index contributed by atoms with van der Waals surface area (Å²) in [5, 5.41) is 9.07. The second kappa shape index (κ2) is 6.36. The largest absolute Gasteiger partial charge is 0.207 e. The monoisotopic (exact) mass is 327 g/mol. The zero-order valence-electron chi connectivity index (χ0n) is 14.9. The van der Waals surface area contributed by atoms with Gasteiger partial charge in [-0.15, -0.1) is 0 Å². The van der Waals surface area contributed by atoms with E-state index in [4.69, 9.17) is 5.26 Å². The molecule has 0 aromatic heterocycles. The number of halogens is 2. The molecule has 0 radical (unpaired) electrons. The van der Waals surface area contributed by atoms with Crippen LogP contribution in [0.25, 0.3) is 0 Å². The molecule has 0 amide bonds. The summed E-state index contributed by atoms with van der Waals surface area (Å²) in [6.07, 6.45) is 0.428. The van der Waals surface area contributed by atoms with Crippen molar-refractivity contribution >= 4 is 0 Å². The molecule has 0 N–H and O–H groups in total. The van der Waals surface area contributed by atoms with Gasteiger partial charge >= 0.3 is 0 Å². The Bertz CT molecular complexity index is 792. The molecule has 0 aliphatic carbocycles. The van der Waals surface area contributed by atoms with Gasteiger partial charge in [-0.1, -0.05) is 52.8 Å². The Labute approximate surface area is 142 Å². The van der Waals surface area contributed by atoms with Crippen LogP contribution < -0.4 is 0 Å². The zero-order valence-corrected chi connectivity index (χ0v) is 14.9. The number of rotatable bonds is 3. The number of hydrogen-bond donors (Lipinski definition) is 0. The molecule has 0 fully saturated rings. The maximum absolute atomic E-state index is 14.9. The van der Waals surface area contributed by atoms with Gasteiger partial charge in [-0.05, 0) is 46.6 Å². The fourth-order valence-electron chi connectivity index (χ4n) is 3.01. The molecule has 126 valence electrons. The third-order valence-corrected chi connectivity index (χ3v) is 4.33. The number of nitrogens with zero attached hydrogens (tertiary/aromatic N) is 1. The van der Waals surface area contributed by atoms with Crippen LogP contribution in [0.5, 0.6) is 0 Å².